The molecule has 0 saturated heterocycles. The topological polar surface area (TPSA) is 30.5 Å². The van der Waals surface area contributed by atoms with Crippen LogP contribution >= 0.6 is 0 Å². The lowest BCUT2D eigenvalue weighted by Gasteiger charge is -2.12. The Morgan fingerprint density at radius 2 is 1.94 bits per heavy atom. The summed E-state index contributed by atoms with van der Waals surface area (Å²) in [5.74, 6) is 0.387. The van der Waals surface area contributed by atoms with E-state index in [-0.39, 0.29) is 6.54 Å². The molecular formula is C10H12F3NO2. The zero-order valence-electron chi connectivity index (χ0n) is 8.89. The van der Waals surface area contributed by atoms with Gasteiger partial charge in [0.2, 0.25) is 0 Å². The van der Waals surface area contributed by atoms with Crippen LogP contribution in [0.4, 0.5) is 13.2 Å². The summed E-state index contributed by atoms with van der Waals surface area (Å²) >= 11 is 0. The molecule has 0 spiro atoms. The minimum absolute atomic E-state index is 0.142. The van der Waals surface area contributed by atoms with Crippen molar-refractivity contribution in [3.05, 3.63) is 29.3 Å². The standard InChI is InChI=1S/C10H12F3NO2/c1-15-9-4-3-8(10(11,12)13)5-7(9)6-14-16-2/h3-5,14H,6H2,1-2H3. The molecule has 0 atom stereocenters. The van der Waals surface area contributed by atoms with Crippen LogP contribution in [-0.4, -0.2) is 14.2 Å². The molecule has 0 fully saturated rings. The summed E-state index contributed by atoms with van der Waals surface area (Å²) in [7, 11) is 2.79. The second kappa shape index (κ2) is 5.18. The average molecular weight is 235 g/mol. The van der Waals surface area contributed by atoms with E-state index < -0.39 is 11.7 Å². The van der Waals surface area contributed by atoms with Crippen molar-refractivity contribution in [2.24, 2.45) is 0 Å². The van der Waals surface area contributed by atoms with E-state index in [1.54, 1.807) is 0 Å². The number of hydrogen-bond donors (Lipinski definition) is 1. The van der Waals surface area contributed by atoms with Gasteiger partial charge in [0.1, 0.15) is 5.75 Å². The van der Waals surface area contributed by atoms with Crippen LogP contribution in [-0.2, 0) is 17.6 Å². The molecule has 3 nitrogen and oxygen atoms in total. The van der Waals surface area contributed by atoms with Crippen molar-refractivity contribution in [3.8, 4) is 5.75 Å². The molecule has 1 aromatic carbocycles. The van der Waals surface area contributed by atoms with E-state index in [0.717, 1.165) is 12.1 Å². The lowest BCUT2D eigenvalue weighted by molar-refractivity contribution is -0.137. The van der Waals surface area contributed by atoms with Crippen molar-refractivity contribution < 1.29 is 22.7 Å². The van der Waals surface area contributed by atoms with Crippen LogP contribution in [0.15, 0.2) is 18.2 Å². The number of hydroxylamine groups is 1. The smallest absolute Gasteiger partial charge is 0.416 e. The quantitative estimate of drug-likeness (QED) is 0.813. The molecular weight excluding hydrogens is 223 g/mol. The monoisotopic (exact) mass is 235 g/mol. The third kappa shape index (κ3) is 3.11. The van der Waals surface area contributed by atoms with Crippen molar-refractivity contribution in [3.63, 3.8) is 0 Å². The van der Waals surface area contributed by atoms with E-state index in [1.165, 1.54) is 20.3 Å². The SMILES string of the molecule is CONCc1cc(C(F)(F)F)ccc1OC. The van der Waals surface area contributed by atoms with Crippen LogP contribution in [0.1, 0.15) is 11.1 Å². The maximum absolute atomic E-state index is 12.4. The van der Waals surface area contributed by atoms with Crippen LogP contribution < -0.4 is 10.2 Å². The fourth-order valence-corrected chi connectivity index (χ4v) is 1.24. The highest BCUT2D eigenvalue weighted by Gasteiger charge is 2.31. The van der Waals surface area contributed by atoms with E-state index in [9.17, 15) is 13.2 Å². The van der Waals surface area contributed by atoms with Gasteiger partial charge in [-0.15, -0.1) is 0 Å². The van der Waals surface area contributed by atoms with Crippen molar-refractivity contribution in [2.75, 3.05) is 14.2 Å². The molecule has 0 aromatic heterocycles. The zero-order chi connectivity index (χ0) is 12.2. The highest BCUT2D eigenvalue weighted by molar-refractivity contribution is 5.38. The Kier molecular flexibility index (Phi) is 4.14. The van der Waals surface area contributed by atoms with Gasteiger partial charge in [-0.3, -0.25) is 0 Å². The first-order valence-corrected chi connectivity index (χ1v) is 4.49. The van der Waals surface area contributed by atoms with Crippen LogP contribution in [0, 0.1) is 0 Å². The Morgan fingerprint density at radius 3 is 2.44 bits per heavy atom. The van der Waals surface area contributed by atoms with Gasteiger partial charge in [0.25, 0.3) is 0 Å². The zero-order valence-corrected chi connectivity index (χ0v) is 8.89. The molecule has 6 heteroatoms. The van der Waals surface area contributed by atoms with Crippen LogP contribution in [0.25, 0.3) is 0 Å². The molecule has 0 unspecified atom stereocenters. The average Bonchev–Trinajstić information content (AvgIpc) is 2.24. The summed E-state index contributed by atoms with van der Waals surface area (Å²) in [5, 5.41) is 0. The molecule has 0 aliphatic heterocycles. The minimum atomic E-state index is -4.35. The number of alkyl halides is 3. The number of rotatable bonds is 4. The molecule has 16 heavy (non-hydrogen) atoms. The van der Waals surface area contributed by atoms with Crippen LogP contribution in [0.3, 0.4) is 0 Å². The van der Waals surface area contributed by atoms with Gasteiger partial charge in [-0.2, -0.15) is 18.7 Å². The van der Waals surface area contributed by atoms with E-state index in [2.05, 4.69) is 10.3 Å². The first-order chi connectivity index (χ1) is 7.49. The second-order valence-corrected chi connectivity index (χ2v) is 3.05. The Bertz CT molecular complexity index is 352. The maximum atomic E-state index is 12.4. The van der Waals surface area contributed by atoms with Crippen LogP contribution in [0.5, 0.6) is 5.75 Å². The van der Waals surface area contributed by atoms with Gasteiger partial charge in [-0.05, 0) is 18.2 Å². The van der Waals surface area contributed by atoms with Gasteiger partial charge in [-0.25, -0.2) is 0 Å². The largest absolute Gasteiger partial charge is 0.496 e. The first-order valence-electron chi connectivity index (χ1n) is 4.49. The number of benzene rings is 1. The first kappa shape index (κ1) is 12.8. The molecule has 0 bridgehead atoms. The van der Waals surface area contributed by atoms with Gasteiger partial charge < -0.3 is 9.57 Å². The molecule has 0 heterocycles. The molecule has 1 aromatic rings. The predicted molar refractivity (Wildman–Crippen MR) is 51.8 cm³/mol. The number of ether oxygens (including phenoxy) is 1. The van der Waals surface area contributed by atoms with E-state index in [4.69, 9.17) is 4.74 Å². The van der Waals surface area contributed by atoms with Crippen LogP contribution in [0.2, 0.25) is 0 Å². The molecule has 0 radical (unpaired) electrons. The number of nitrogens with one attached hydrogen (secondary N) is 1. The number of halogens is 3. The lowest BCUT2D eigenvalue weighted by atomic mass is 10.1. The van der Waals surface area contributed by atoms with Gasteiger partial charge in [0, 0.05) is 12.1 Å². The molecule has 1 rings (SSSR count). The lowest BCUT2D eigenvalue weighted by Crippen LogP contribution is -2.13. The van der Waals surface area contributed by atoms with Gasteiger partial charge in [0.15, 0.2) is 0 Å². The highest BCUT2D eigenvalue weighted by Crippen LogP contribution is 2.32. The summed E-state index contributed by atoms with van der Waals surface area (Å²) in [6.07, 6.45) is -4.35. The summed E-state index contributed by atoms with van der Waals surface area (Å²) in [6.45, 7) is 0.142. The Hall–Kier alpha value is -1.27. The number of hydrogen-bond acceptors (Lipinski definition) is 3. The summed E-state index contributed by atoms with van der Waals surface area (Å²) in [5.41, 5.74) is 2.15. The third-order valence-electron chi connectivity index (χ3n) is 2.01. The Labute approximate surface area is 91.1 Å². The Morgan fingerprint density at radius 1 is 1.25 bits per heavy atom. The van der Waals surface area contributed by atoms with E-state index in [0.29, 0.717) is 11.3 Å². The predicted octanol–water partition coefficient (Wildman–Crippen LogP) is 2.37. The van der Waals surface area contributed by atoms with Crippen molar-refractivity contribution in [1.82, 2.24) is 5.48 Å². The van der Waals surface area contributed by atoms with Crippen molar-refractivity contribution >= 4 is 0 Å². The molecule has 0 aliphatic carbocycles. The third-order valence-corrected chi connectivity index (χ3v) is 2.01. The highest BCUT2D eigenvalue weighted by atomic mass is 19.4. The van der Waals surface area contributed by atoms with Gasteiger partial charge >= 0.3 is 6.18 Å². The summed E-state index contributed by atoms with van der Waals surface area (Å²) < 4.78 is 42.2. The van der Waals surface area contributed by atoms with E-state index >= 15 is 0 Å². The number of methoxy groups -OCH3 is 1. The normalized spacial score (nSPS) is 11.6. The molecule has 0 aliphatic rings. The Balaban J connectivity index is 3.01. The molecule has 90 valence electrons. The summed E-state index contributed by atoms with van der Waals surface area (Å²) in [6, 6.07) is 3.30. The maximum Gasteiger partial charge on any atom is 0.416 e. The van der Waals surface area contributed by atoms with Crippen molar-refractivity contribution in [2.45, 2.75) is 12.7 Å². The van der Waals surface area contributed by atoms with Crippen molar-refractivity contribution in [1.29, 1.82) is 0 Å². The van der Waals surface area contributed by atoms with Gasteiger partial charge in [-0.1, -0.05) is 0 Å². The fraction of sp³-hybridized carbons (Fsp3) is 0.400. The second-order valence-electron chi connectivity index (χ2n) is 3.05. The minimum Gasteiger partial charge on any atom is -0.496 e. The summed E-state index contributed by atoms with van der Waals surface area (Å²) in [4.78, 5) is 4.58. The molecule has 0 amide bonds. The molecule has 1 N–H and O–H groups in total. The molecule has 0 saturated carbocycles. The van der Waals surface area contributed by atoms with Gasteiger partial charge in [0.05, 0.1) is 19.8 Å². The van der Waals surface area contributed by atoms with E-state index in [1.807, 2.05) is 0 Å². The fourth-order valence-electron chi connectivity index (χ4n) is 1.24.